The molecule has 0 aliphatic carbocycles. The summed E-state index contributed by atoms with van der Waals surface area (Å²) in [6, 6.07) is -0.151. The molecule has 0 saturated carbocycles. The minimum absolute atomic E-state index is 0.151. The van der Waals surface area contributed by atoms with Gasteiger partial charge in [-0.05, 0) is 20.8 Å². The summed E-state index contributed by atoms with van der Waals surface area (Å²) in [6.07, 6.45) is 0. The minimum atomic E-state index is -0.151. The van der Waals surface area contributed by atoms with Gasteiger partial charge in [-0.15, -0.1) is 10.2 Å². The van der Waals surface area contributed by atoms with Gasteiger partial charge in [0.1, 0.15) is 11.9 Å². The maximum Gasteiger partial charge on any atom is 0.238 e. The number of rotatable bonds is 4. The van der Waals surface area contributed by atoms with E-state index in [1.165, 1.54) is 0 Å². The Hall–Kier alpha value is -2.18. The van der Waals surface area contributed by atoms with Crippen molar-refractivity contribution in [2.45, 2.75) is 46.6 Å². The maximum absolute atomic E-state index is 5.67. The van der Waals surface area contributed by atoms with E-state index in [4.69, 9.17) is 10.2 Å². The van der Waals surface area contributed by atoms with E-state index < -0.39 is 0 Å². The molecule has 0 aliphatic heterocycles. The Morgan fingerprint density at radius 3 is 2.30 bits per heavy atom. The monoisotopic (exact) mass is 276 g/mol. The van der Waals surface area contributed by atoms with Gasteiger partial charge in [-0.3, -0.25) is 0 Å². The van der Waals surface area contributed by atoms with E-state index in [2.05, 4.69) is 25.5 Å². The van der Waals surface area contributed by atoms with E-state index in [9.17, 15) is 0 Å². The summed E-state index contributed by atoms with van der Waals surface area (Å²) in [5.41, 5.74) is 7.47. The number of nitrogen functional groups attached to an aromatic ring is 1. The predicted octanol–water partition coefficient (Wildman–Crippen LogP) is 2.36. The molecule has 0 unspecified atom stereocenters. The first-order valence-corrected chi connectivity index (χ1v) is 6.59. The Morgan fingerprint density at radius 1 is 1.05 bits per heavy atom. The highest BCUT2D eigenvalue weighted by Crippen LogP contribution is 2.23. The molecule has 2 rings (SSSR count). The second-order valence-electron chi connectivity index (χ2n) is 5.14. The summed E-state index contributed by atoms with van der Waals surface area (Å²) >= 11 is 0. The van der Waals surface area contributed by atoms with E-state index in [-0.39, 0.29) is 17.9 Å². The van der Waals surface area contributed by atoms with Crippen molar-refractivity contribution in [1.29, 1.82) is 0 Å². The zero-order valence-corrected chi connectivity index (χ0v) is 12.4. The molecule has 108 valence electrons. The van der Waals surface area contributed by atoms with E-state index in [1.54, 1.807) is 0 Å². The first-order valence-electron chi connectivity index (χ1n) is 6.59. The quantitative estimate of drug-likeness (QED) is 0.883. The summed E-state index contributed by atoms with van der Waals surface area (Å²) in [4.78, 5) is 8.32. The van der Waals surface area contributed by atoms with Crippen LogP contribution in [0.15, 0.2) is 4.42 Å². The molecule has 2 heterocycles. The molecule has 1 atom stereocenters. The summed E-state index contributed by atoms with van der Waals surface area (Å²) in [7, 11) is 0. The smallest absolute Gasteiger partial charge is 0.238 e. The summed E-state index contributed by atoms with van der Waals surface area (Å²) in [5.74, 6) is 2.30. The molecule has 2 aromatic heterocycles. The normalized spacial score (nSPS) is 12.7. The van der Waals surface area contributed by atoms with Crippen LogP contribution in [0.4, 0.5) is 11.8 Å². The third-order valence-corrected chi connectivity index (χ3v) is 3.08. The van der Waals surface area contributed by atoms with Crippen LogP contribution in [-0.4, -0.2) is 20.2 Å². The Morgan fingerprint density at radius 2 is 1.70 bits per heavy atom. The van der Waals surface area contributed by atoms with Gasteiger partial charge < -0.3 is 15.5 Å². The van der Waals surface area contributed by atoms with E-state index >= 15 is 0 Å². The zero-order chi connectivity index (χ0) is 14.9. The van der Waals surface area contributed by atoms with Gasteiger partial charge in [0.2, 0.25) is 17.7 Å². The van der Waals surface area contributed by atoms with Gasteiger partial charge in [-0.2, -0.15) is 4.98 Å². The van der Waals surface area contributed by atoms with Crippen LogP contribution in [0.3, 0.4) is 0 Å². The topological polar surface area (TPSA) is 103 Å². The third kappa shape index (κ3) is 2.87. The van der Waals surface area contributed by atoms with Crippen LogP contribution in [0.25, 0.3) is 0 Å². The molecule has 0 fully saturated rings. The van der Waals surface area contributed by atoms with Crippen LogP contribution in [0.5, 0.6) is 0 Å². The van der Waals surface area contributed by atoms with Crippen LogP contribution in [-0.2, 0) is 0 Å². The van der Waals surface area contributed by atoms with E-state index in [1.807, 2.05) is 34.6 Å². The lowest BCUT2D eigenvalue weighted by molar-refractivity contribution is 0.419. The van der Waals surface area contributed by atoms with E-state index in [0.717, 1.165) is 11.3 Å². The standard InChI is InChI=1S/C13H20N6O/c1-6(2)11-18-19-12(20-11)9(5)15-10-7(3)8(4)16-13(14)17-10/h6,9H,1-5H3,(H3,14,15,16,17)/t9-/m0/s1. The Balaban J connectivity index is 2.20. The fraction of sp³-hybridized carbons (Fsp3) is 0.538. The third-order valence-electron chi connectivity index (χ3n) is 3.08. The molecule has 0 aliphatic rings. The van der Waals surface area contributed by atoms with Crippen LogP contribution in [0.1, 0.15) is 55.8 Å². The van der Waals surface area contributed by atoms with Crippen LogP contribution >= 0.6 is 0 Å². The molecule has 7 heteroatoms. The summed E-state index contributed by atoms with van der Waals surface area (Å²) in [6.45, 7) is 9.79. The zero-order valence-electron chi connectivity index (χ0n) is 12.4. The number of aromatic nitrogens is 4. The largest absolute Gasteiger partial charge is 0.423 e. The lowest BCUT2D eigenvalue weighted by Gasteiger charge is -2.14. The molecule has 3 N–H and O–H groups in total. The van der Waals surface area contributed by atoms with Crippen LogP contribution < -0.4 is 11.1 Å². The van der Waals surface area contributed by atoms with Crippen molar-refractivity contribution >= 4 is 11.8 Å². The molecular weight excluding hydrogens is 256 g/mol. The number of nitrogens with one attached hydrogen (secondary N) is 1. The van der Waals surface area contributed by atoms with E-state index in [0.29, 0.717) is 17.6 Å². The molecule has 0 bridgehead atoms. The van der Waals surface area contributed by atoms with Gasteiger partial charge in [0, 0.05) is 17.2 Å². The van der Waals surface area contributed by atoms with Crippen molar-refractivity contribution in [3.05, 3.63) is 23.0 Å². The van der Waals surface area contributed by atoms with Crippen molar-refractivity contribution in [3.63, 3.8) is 0 Å². The number of hydrogen-bond donors (Lipinski definition) is 2. The fourth-order valence-electron chi connectivity index (χ4n) is 1.71. The number of nitrogens with zero attached hydrogens (tertiary/aromatic N) is 4. The van der Waals surface area contributed by atoms with Gasteiger partial charge in [-0.25, -0.2) is 4.98 Å². The maximum atomic E-state index is 5.67. The molecule has 0 radical (unpaired) electrons. The lowest BCUT2D eigenvalue weighted by atomic mass is 10.2. The Bertz CT molecular complexity index is 607. The lowest BCUT2D eigenvalue weighted by Crippen LogP contribution is -2.12. The Kier molecular flexibility index (Phi) is 3.87. The average molecular weight is 276 g/mol. The van der Waals surface area contributed by atoms with Gasteiger partial charge >= 0.3 is 0 Å². The Labute approximate surface area is 118 Å². The molecule has 0 aromatic carbocycles. The van der Waals surface area contributed by atoms with Crippen LogP contribution in [0, 0.1) is 13.8 Å². The predicted molar refractivity (Wildman–Crippen MR) is 76.3 cm³/mol. The molecular formula is C13H20N6O. The fourth-order valence-corrected chi connectivity index (χ4v) is 1.71. The van der Waals surface area contributed by atoms with Crippen molar-refractivity contribution in [2.75, 3.05) is 11.1 Å². The second kappa shape index (κ2) is 5.44. The molecule has 2 aromatic rings. The van der Waals surface area contributed by atoms with Crippen LogP contribution in [0.2, 0.25) is 0 Å². The average Bonchev–Trinajstić information content (AvgIpc) is 2.85. The van der Waals surface area contributed by atoms with Crippen molar-refractivity contribution in [2.24, 2.45) is 0 Å². The summed E-state index contributed by atoms with van der Waals surface area (Å²) < 4.78 is 5.62. The molecule has 0 saturated heterocycles. The van der Waals surface area contributed by atoms with Gasteiger partial charge in [0.05, 0.1) is 0 Å². The minimum Gasteiger partial charge on any atom is -0.423 e. The van der Waals surface area contributed by atoms with Crippen molar-refractivity contribution in [3.8, 4) is 0 Å². The first kappa shape index (κ1) is 14.2. The summed E-state index contributed by atoms with van der Waals surface area (Å²) in [5, 5.41) is 11.3. The van der Waals surface area contributed by atoms with Crippen molar-refractivity contribution in [1.82, 2.24) is 20.2 Å². The highest BCUT2D eigenvalue weighted by atomic mass is 16.4. The molecule has 0 amide bonds. The number of hydrogen-bond acceptors (Lipinski definition) is 7. The highest BCUT2D eigenvalue weighted by molar-refractivity contribution is 5.49. The van der Waals surface area contributed by atoms with Gasteiger partial charge in [-0.1, -0.05) is 13.8 Å². The van der Waals surface area contributed by atoms with Gasteiger partial charge in [0.25, 0.3) is 0 Å². The molecule has 0 spiro atoms. The SMILES string of the molecule is Cc1nc(N)nc(N[C@@H](C)c2nnc(C(C)C)o2)c1C. The highest BCUT2D eigenvalue weighted by Gasteiger charge is 2.17. The first-order chi connectivity index (χ1) is 9.38. The number of anilines is 2. The van der Waals surface area contributed by atoms with Gasteiger partial charge in [0.15, 0.2) is 0 Å². The number of aryl methyl sites for hydroxylation is 1. The second-order valence-corrected chi connectivity index (χ2v) is 5.14. The number of nitrogens with two attached hydrogens (primary N) is 1. The molecule has 20 heavy (non-hydrogen) atoms. The van der Waals surface area contributed by atoms with Crippen molar-refractivity contribution < 1.29 is 4.42 Å². The molecule has 7 nitrogen and oxygen atoms in total.